The van der Waals surface area contributed by atoms with E-state index in [0.717, 1.165) is 19.5 Å². The maximum Gasteiger partial charge on any atom is 0.409 e. The van der Waals surface area contributed by atoms with Crippen LogP contribution in [-0.2, 0) is 17.7 Å². The van der Waals surface area contributed by atoms with Gasteiger partial charge in [-0.15, -0.1) is 11.8 Å². The number of thioether (sulfide) groups is 1. The summed E-state index contributed by atoms with van der Waals surface area (Å²) in [6.45, 7) is 6.20. The molecular weight excluding hydrogens is 404 g/mol. The number of benzene rings is 1. The van der Waals surface area contributed by atoms with Crippen LogP contribution >= 0.6 is 11.8 Å². The molecule has 0 radical (unpaired) electrons. The Morgan fingerprint density at radius 3 is 2.60 bits per heavy atom. The van der Waals surface area contributed by atoms with Crippen LogP contribution in [0, 0.1) is 0 Å². The minimum absolute atomic E-state index is 0.170. The number of carbonyl (C=O) groups excluding carboxylic acids is 2. The zero-order valence-electron chi connectivity index (χ0n) is 17.8. The lowest BCUT2D eigenvalue weighted by atomic mass is 10.00. The van der Waals surface area contributed by atoms with Crippen molar-refractivity contribution in [3.63, 3.8) is 0 Å². The van der Waals surface area contributed by atoms with Crippen molar-refractivity contribution in [3.8, 4) is 0 Å². The van der Waals surface area contributed by atoms with E-state index in [4.69, 9.17) is 4.74 Å². The van der Waals surface area contributed by atoms with Gasteiger partial charge in [-0.3, -0.25) is 4.90 Å². The molecule has 0 saturated carbocycles. The van der Waals surface area contributed by atoms with Gasteiger partial charge in [0.25, 0.3) is 0 Å². The minimum atomic E-state index is -0.958. The number of hydrogen-bond acceptors (Lipinski definition) is 6. The molecule has 2 N–H and O–H groups in total. The summed E-state index contributed by atoms with van der Waals surface area (Å²) < 4.78 is 4.76. The molecule has 2 aliphatic rings. The van der Waals surface area contributed by atoms with E-state index in [9.17, 15) is 14.7 Å². The number of ether oxygens (including phenoxy) is 1. The largest absolute Gasteiger partial charge is 0.453 e. The van der Waals surface area contributed by atoms with Gasteiger partial charge in [-0.25, -0.2) is 9.59 Å². The van der Waals surface area contributed by atoms with Crippen molar-refractivity contribution in [1.29, 1.82) is 0 Å². The molecule has 166 valence electrons. The number of urea groups is 1. The van der Waals surface area contributed by atoms with Crippen molar-refractivity contribution in [2.45, 2.75) is 31.2 Å². The normalized spacial score (nSPS) is 19.4. The quantitative estimate of drug-likeness (QED) is 0.686. The Balaban J connectivity index is 1.40. The first-order chi connectivity index (χ1) is 14.4. The van der Waals surface area contributed by atoms with E-state index in [1.165, 1.54) is 30.0 Å². The van der Waals surface area contributed by atoms with E-state index in [0.29, 0.717) is 45.0 Å². The van der Waals surface area contributed by atoms with Gasteiger partial charge in [0.15, 0.2) is 0 Å². The number of nitrogens with one attached hydrogen (secondary N) is 1. The first kappa shape index (κ1) is 22.7. The average Bonchev–Trinajstić information content (AvgIpc) is 2.99. The van der Waals surface area contributed by atoms with Crippen LogP contribution in [0.1, 0.15) is 24.5 Å². The Morgan fingerprint density at radius 1 is 1.13 bits per heavy atom. The zero-order valence-corrected chi connectivity index (χ0v) is 18.6. The molecule has 1 unspecified atom stereocenters. The van der Waals surface area contributed by atoms with Gasteiger partial charge in [0, 0.05) is 45.8 Å². The fourth-order valence-corrected chi connectivity index (χ4v) is 4.73. The topological polar surface area (TPSA) is 85.3 Å². The molecule has 1 aromatic carbocycles. The summed E-state index contributed by atoms with van der Waals surface area (Å²) >= 11 is 1.33. The monoisotopic (exact) mass is 436 g/mol. The number of methoxy groups -OCH3 is 1. The van der Waals surface area contributed by atoms with Gasteiger partial charge in [-0.1, -0.05) is 24.3 Å². The summed E-state index contributed by atoms with van der Waals surface area (Å²) in [7, 11) is 1.36. The SMILES string of the molecule is COC(=O)N1CCCN(C(=O)NCSC(C)(O)CN2CCc3ccccc3C2)CC1. The van der Waals surface area contributed by atoms with Crippen LogP contribution in [0.2, 0.25) is 0 Å². The van der Waals surface area contributed by atoms with Crippen LogP contribution in [0.5, 0.6) is 0 Å². The lowest BCUT2D eigenvalue weighted by Gasteiger charge is -2.34. The zero-order chi connectivity index (χ0) is 21.6. The molecule has 2 heterocycles. The highest BCUT2D eigenvalue weighted by molar-refractivity contribution is 8.00. The van der Waals surface area contributed by atoms with Crippen LogP contribution in [0.25, 0.3) is 0 Å². The number of fused-ring (bicyclic) bond motifs is 1. The molecule has 0 aliphatic carbocycles. The summed E-state index contributed by atoms with van der Waals surface area (Å²) in [5, 5.41) is 13.7. The lowest BCUT2D eigenvalue weighted by molar-refractivity contribution is 0.0915. The number of carbonyl (C=O) groups is 2. The Kier molecular flexibility index (Phi) is 7.85. The molecule has 3 rings (SSSR count). The number of β-amino-alcohol motifs (C(OH)–C–C–N with tert-alkyl or cyclic N) is 1. The van der Waals surface area contributed by atoms with Gasteiger partial charge in [0.05, 0.1) is 13.0 Å². The highest BCUT2D eigenvalue weighted by Gasteiger charge is 2.28. The fourth-order valence-electron chi connectivity index (χ4n) is 3.95. The third kappa shape index (κ3) is 6.26. The summed E-state index contributed by atoms with van der Waals surface area (Å²) in [6.07, 6.45) is 1.35. The predicted molar refractivity (Wildman–Crippen MR) is 117 cm³/mol. The van der Waals surface area contributed by atoms with Crippen molar-refractivity contribution in [1.82, 2.24) is 20.0 Å². The smallest absolute Gasteiger partial charge is 0.409 e. The van der Waals surface area contributed by atoms with E-state index >= 15 is 0 Å². The fraction of sp³-hybridized carbons (Fsp3) is 0.619. The second-order valence-corrected chi connectivity index (χ2v) is 9.43. The molecule has 2 aliphatic heterocycles. The summed E-state index contributed by atoms with van der Waals surface area (Å²) in [5.74, 6) is 0.327. The molecule has 0 spiro atoms. The number of nitrogens with zero attached hydrogens (tertiary/aromatic N) is 3. The minimum Gasteiger partial charge on any atom is -0.453 e. The maximum atomic E-state index is 12.5. The van der Waals surface area contributed by atoms with Crippen molar-refractivity contribution in [3.05, 3.63) is 35.4 Å². The lowest BCUT2D eigenvalue weighted by Crippen LogP contribution is -2.44. The molecule has 1 aromatic rings. The molecule has 30 heavy (non-hydrogen) atoms. The van der Waals surface area contributed by atoms with Crippen LogP contribution in [-0.4, -0.2) is 89.1 Å². The van der Waals surface area contributed by atoms with Gasteiger partial charge in [0.1, 0.15) is 4.93 Å². The molecule has 0 aromatic heterocycles. The van der Waals surface area contributed by atoms with Gasteiger partial charge in [0.2, 0.25) is 0 Å². The number of rotatable bonds is 5. The van der Waals surface area contributed by atoms with Crippen molar-refractivity contribution in [2.75, 3.05) is 52.3 Å². The van der Waals surface area contributed by atoms with E-state index in [2.05, 4.69) is 34.5 Å². The Bertz CT molecular complexity index is 745. The third-order valence-electron chi connectivity index (χ3n) is 5.55. The second kappa shape index (κ2) is 10.4. The second-order valence-electron chi connectivity index (χ2n) is 7.97. The Labute approximate surface area is 182 Å². The van der Waals surface area contributed by atoms with Crippen molar-refractivity contribution < 1.29 is 19.4 Å². The van der Waals surface area contributed by atoms with Gasteiger partial charge >= 0.3 is 12.1 Å². The molecule has 9 heteroatoms. The standard InChI is InChI=1S/C21H32N4O4S/c1-21(28,15-23-11-8-17-6-3-4-7-18(17)14-23)30-16-22-19(26)24-9-5-10-25(13-12-24)20(27)29-2/h3-4,6-7,28H,5,8-16H2,1-2H3,(H,22,26). The van der Waals surface area contributed by atoms with Crippen molar-refractivity contribution >= 4 is 23.9 Å². The first-order valence-corrected chi connectivity index (χ1v) is 11.4. The molecule has 3 amide bonds. The van der Waals surface area contributed by atoms with Crippen LogP contribution in [0.3, 0.4) is 0 Å². The molecule has 0 bridgehead atoms. The van der Waals surface area contributed by atoms with Crippen LogP contribution in [0.15, 0.2) is 24.3 Å². The average molecular weight is 437 g/mol. The summed E-state index contributed by atoms with van der Waals surface area (Å²) in [6, 6.07) is 8.27. The maximum absolute atomic E-state index is 12.5. The van der Waals surface area contributed by atoms with Gasteiger partial charge < -0.3 is 25.0 Å². The van der Waals surface area contributed by atoms with E-state index in [1.54, 1.807) is 16.7 Å². The number of aliphatic hydroxyl groups is 1. The van der Waals surface area contributed by atoms with Gasteiger partial charge in [-0.05, 0) is 30.9 Å². The molecular formula is C21H32N4O4S. The summed E-state index contributed by atoms with van der Waals surface area (Å²) in [5.41, 5.74) is 2.71. The number of amides is 3. The van der Waals surface area contributed by atoms with E-state index < -0.39 is 4.93 Å². The Morgan fingerprint density at radius 2 is 1.83 bits per heavy atom. The molecule has 1 fully saturated rings. The van der Waals surface area contributed by atoms with Crippen LogP contribution < -0.4 is 5.32 Å². The first-order valence-electron chi connectivity index (χ1n) is 10.4. The molecule has 8 nitrogen and oxygen atoms in total. The van der Waals surface area contributed by atoms with E-state index in [1.807, 2.05) is 0 Å². The third-order valence-corrected chi connectivity index (χ3v) is 6.59. The highest BCUT2D eigenvalue weighted by atomic mass is 32.2. The number of hydrogen-bond donors (Lipinski definition) is 2. The van der Waals surface area contributed by atoms with Crippen molar-refractivity contribution in [2.24, 2.45) is 0 Å². The van der Waals surface area contributed by atoms with E-state index in [-0.39, 0.29) is 12.1 Å². The predicted octanol–water partition coefficient (Wildman–Crippen LogP) is 1.93. The summed E-state index contributed by atoms with van der Waals surface area (Å²) in [4.78, 5) is 28.8. The van der Waals surface area contributed by atoms with Gasteiger partial charge in [-0.2, -0.15) is 0 Å². The molecule has 1 atom stereocenters. The Hall–Kier alpha value is -1.97. The highest BCUT2D eigenvalue weighted by Crippen LogP contribution is 2.26. The molecule has 1 saturated heterocycles. The van der Waals surface area contributed by atoms with Crippen LogP contribution in [0.4, 0.5) is 9.59 Å².